The summed E-state index contributed by atoms with van der Waals surface area (Å²) in [6, 6.07) is 64.8. The van der Waals surface area contributed by atoms with Crippen molar-refractivity contribution in [3.05, 3.63) is 308 Å². The van der Waals surface area contributed by atoms with Gasteiger partial charge in [-0.1, -0.05) is 225 Å². The van der Waals surface area contributed by atoms with E-state index >= 15 is 0 Å². The van der Waals surface area contributed by atoms with E-state index in [1.807, 2.05) is 101 Å². The molecule has 0 radical (unpaired) electrons. The third-order valence-electron chi connectivity index (χ3n) is 12.9. The van der Waals surface area contributed by atoms with Crippen LogP contribution in [0, 0.1) is 96.9 Å². The first-order valence-electron chi connectivity index (χ1n) is 27.4. The number of nitrogen functional groups attached to an aromatic ring is 1. The number of rotatable bonds is 4. The molecule has 1 heterocycles. The number of aryl methyl sites for hydroxylation is 14. The van der Waals surface area contributed by atoms with Crippen molar-refractivity contribution in [3.8, 4) is 11.5 Å². The van der Waals surface area contributed by atoms with Gasteiger partial charge in [0.15, 0.2) is 0 Å². The van der Waals surface area contributed by atoms with E-state index in [-0.39, 0.29) is 0 Å². The number of nitrogens with two attached hydrogens (primary N) is 1. The molecular weight excluding hydrogens is 1050 g/mol. The lowest BCUT2D eigenvalue weighted by Crippen LogP contribution is -2.54. The number of hydrogen-bond donors (Lipinski definition) is 1. The summed E-state index contributed by atoms with van der Waals surface area (Å²) in [6.07, 6.45) is -9.19. The average molecular weight is 1130 g/mol. The summed E-state index contributed by atoms with van der Waals surface area (Å²) in [6.45, 7) is 28.1. The lowest BCUT2D eigenvalue weighted by Gasteiger charge is -2.38. The first kappa shape index (κ1) is 67.1. The molecular formula is C74H80F6N2O. The van der Waals surface area contributed by atoms with Gasteiger partial charge in [0.25, 0.3) is 0 Å². The fourth-order valence-corrected chi connectivity index (χ4v) is 8.42. The Balaban J connectivity index is 0.000000217. The van der Waals surface area contributed by atoms with Crippen molar-refractivity contribution in [1.82, 2.24) is 4.98 Å². The molecule has 10 aromatic rings. The molecule has 0 bridgehead atoms. The van der Waals surface area contributed by atoms with E-state index in [4.69, 9.17) is 10.5 Å². The Bertz CT molecular complexity index is 3210. The number of halogens is 6. The molecule has 0 aliphatic rings. The van der Waals surface area contributed by atoms with Crippen LogP contribution in [0.1, 0.15) is 89.1 Å². The largest absolute Gasteiger partial charge is 0.457 e. The highest BCUT2D eigenvalue weighted by atomic mass is 19.4. The first-order chi connectivity index (χ1) is 39.0. The van der Waals surface area contributed by atoms with E-state index in [0.29, 0.717) is 11.1 Å². The van der Waals surface area contributed by atoms with Gasteiger partial charge in [0, 0.05) is 17.6 Å². The molecule has 10 rings (SSSR count). The van der Waals surface area contributed by atoms with Gasteiger partial charge in [-0.15, -0.1) is 0 Å². The zero-order chi connectivity index (χ0) is 61.5. The second kappa shape index (κ2) is 31.7. The molecule has 1 aromatic heterocycles. The van der Waals surface area contributed by atoms with Crippen molar-refractivity contribution in [2.75, 3.05) is 5.73 Å². The number of hydrogen-bond acceptors (Lipinski definition) is 3. The maximum Gasteiger partial charge on any atom is 0.411 e. The minimum Gasteiger partial charge on any atom is -0.457 e. The third kappa shape index (κ3) is 22.4. The lowest BCUT2D eigenvalue weighted by atomic mass is 9.72. The summed E-state index contributed by atoms with van der Waals surface area (Å²) in [4.78, 5) is 4.08. The van der Waals surface area contributed by atoms with E-state index in [2.05, 4.69) is 157 Å². The number of anilines is 1. The molecule has 0 spiro atoms. The summed E-state index contributed by atoms with van der Waals surface area (Å²) < 4.78 is 88.0. The van der Waals surface area contributed by atoms with Gasteiger partial charge in [-0.05, 0) is 178 Å². The van der Waals surface area contributed by atoms with Crippen LogP contribution in [0.25, 0.3) is 10.8 Å². The topological polar surface area (TPSA) is 48.1 Å². The quantitative estimate of drug-likeness (QED) is 0.141. The highest BCUT2D eigenvalue weighted by Crippen LogP contribution is 2.56. The molecule has 0 amide bonds. The smallest absolute Gasteiger partial charge is 0.411 e. The molecule has 0 saturated heterocycles. The summed E-state index contributed by atoms with van der Waals surface area (Å²) in [5.74, 6) is 1.76. The Morgan fingerprint density at radius 1 is 0.301 bits per heavy atom. The van der Waals surface area contributed by atoms with Crippen LogP contribution in [0.2, 0.25) is 0 Å². The second-order valence-electron chi connectivity index (χ2n) is 21.3. The lowest BCUT2D eigenvalue weighted by molar-refractivity contribution is -0.288. The van der Waals surface area contributed by atoms with Gasteiger partial charge >= 0.3 is 12.4 Å². The molecule has 0 aliphatic heterocycles. The Kier molecular flexibility index (Phi) is 25.6. The molecule has 3 nitrogen and oxygen atoms in total. The summed E-state index contributed by atoms with van der Waals surface area (Å²) in [7, 11) is 0. The molecule has 83 heavy (non-hydrogen) atoms. The monoisotopic (exact) mass is 1130 g/mol. The molecule has 0 saturated carbocycles. The molecule has 0 atom stereocenters. The average Bonchev–Trinajstić information content (AvgIpc) is 3.61. The van der Waals surface area contributed by atoms with E-state index in [1.54, 1.807) is 13.8 Å². The maximum absolute atomic E-state index is 13.7. The second-order valence-corrected chi connectivity index (χ2v) is 21.3. The Labute approximate surface area is 489 Å². The van der Waals surface area contributed by atoms with E-state index in [0.717, 1.165) is 47.1 Å². The minimum absolute atomic E-state index is 0.580. The number of alkyl halides is 6. The van der Waals surface area contributed by atoms with Crippen LogP contribution >= 0.6 is 0 Å². The van der Waals surface area contributed by atoms with Crippen LogP contribution in [0.15, 0.2) is 219 Å². The summed E-state index contributed by atoms with van der Waals surface area (Å²) >= 11 is 0. The van der Waals surface area contributed by atoms with Crippen molar-refractivity contribution in [2.24, 2.45) is 0 Å². The predicted octanol–water partition coefficient (Wildman–Crippen LogP) is 21.5. The molecule has 0 unspecified atom stereocenters. The molecule has 0 aliphatic carbocycles. The van der Waals surface area contributed by atoms with E-state index < -0.39 is 28.9 Å². The van der Waals surface area contributed by atoms with Crippen molar-refractivity contribution < 1.29 is 31.1 Å². The van der Waals surface area contributed by atoms with Crippen molar-refractivity contribution in [3.63, 3.8) is 0 Å². The highest BCUT2D eigenvalue weighted by molar-refractivity contribution is 5.83. The fraction of sp³-hybridized carbons (Fsp3) is 0.230. The van der Waals surface area contributed by atoms with E-state index in [1.165, 1.54) is 96.2 Å². The van der Waals surface area contributed by atoms with Crippen LogP contribution < -0.4 is 10.5 Å². The molecule has 9 heteroatoms. The summed E-state index contributed by atoms with van der Waals surface area (Å²) in [5, 5.41) is 2.67. The van der Waals surface area contributed by atoms with Crippen molar-refractivity contribution in [1.29, 1.82) is 0 Å². The van der Waals surface area contributed by atoms with Gasteiger partial charge in [0.1, 0.15) is 11.5 Å². The zero-order valence-corrected chi connectivity index (χ0v) is 50.5. The molecule has 434 valence electrons. The van der Waals surface area contributed by atoms with Gasteiger partial charge in [0.05, 0.1) is 0 Å². The van der Waals surface area contributed by atoms with Crippen LogP contribution in [0.5, 0.6) is 11.5 Å². The number of ether oxygens (including phenoxy) is 1. The van der Waals surface area contributed by atoms with Gasteiger partial charge < -0.3 is 10.5 Å². The number of nitrogens with zero attached hydrogens (tertiary/aromatic N) is 1. The van der Waals surface area contributed by atoms with Gasteiger partial charge in [-0.3, -0.25) is 4.98 Å². The van der Waals surface area contributed by atoms with Crippen LogP contribution in [-0.2, 0) is 5.41 Å². The number of aromatic nitrogens is 1. The third-order valence-corrected chi connectivity index (χ3v) is 12.9. The van der Waals surface area contributed by atoms with Crippen molar-refractivity contribution in [2.45, 2.75) is 115 Å². The molecule has 2 N–H and O–H groups in total. The maximum atomic E-state index is 13.7. The van der Waals surface area contributed by atoms with Crippen LogP contribution in [-0.4, -0.2) is 17.3 Å². The normalized spacial score (nSPS) is 10.7. The zero-order valence-electron chi connectivity index (χ0n) is 50.5. The fourth-order valence-electron chi connectivity index (χ4n) is 8.42. The SMILES string of the molecule is Cc1cc(C)cc(N)c1.Cc1ccc(C(c2ccc(C)cc2)(C(F)(F)F)C(F)(F)F)cc1.Cc1ccc(C)cc1.Cc1ccc(C)nc1.Cc1ccc(Oc2ccc(C)cc2)cc1.Cc1ccc2cc(C)ccc2c1.Cc1cccc(C)c1. The number of pyridine rings is 1. The molecule has 9 aromatic carbocycles. The Morgan fingerprint density at radius 3 is 0.867 bits per heavy atom. The summed E-state index contributed by atoms with van der Waals surface area (Å²) in [5.41, 5.74) is 17.1. The van der Waals surface area contributed by atoms with E-state index in [9.17, 15) is 26.3 Å². The van der Waals surface area contributed by atoms with Crippen molar-refractivity contribution >= 4 is 16.5 Å². The van der Waals surface area contributed by atoms with Crippen LogP contribution in [0.3, 0.4) is 0 Å². The Hall–Kier alpha value is -8.43. The van der Waals surface area contributed by atoms with Gasteiger partial charge in [-0.2, -0.15) is 26.3 Å². The van der Waals surface area contributed by atoms with Gasteiger partial charge in [-0.25, -0.2) is 0 Å². The standard InChI is InChI=1S/C17H14F6.C14H14O.C12H12.C8H11N.2C8H10.C7H9N/c1-11-3-7-13(8-4-11)15(16(18,19)20,17(21,22)23)14-9-5-12(2)6-10-14;1-11-3-7-13(8-4-11)15-14-9-5-12(2)6-10-14;1-9-3-5-12-8-10(2)4-6-11(12)7-9;1-6-3-7(2)5-8(9)4-6;1-7-3-5-8(2)6-4-7;1-7-4-3-5-8(2)6-7;1-6-3-4-7(2)8-5-6/h3-10H,1-2H3;3-10H,1-2H3;3-8H,1-2H3;3-5H,9H2,1-2H3;2*3-6H,1-2H3;3-5H,1-2H3. The minimum atomic E-state index is -5.53. The predicted molar refractivity (Wildman–Crippen MR) is 337 cm³/mol. The highest BCUT2D eigenvalue weighted by Gasteiger charge is 2.72. The Morgan fingerprint density at radius 2 is 0.590 bits per heavy atom. The number of fused-ring (bicyclic) bond motifs is 1. The molecule has 0 fully saturated rings. The van der Waals surface area contributed by atoms with Gasteiger partial charge in [0.2, 0.25) is 5.41 Å². The number of benzene rings is 9. The first-order valence-corrected chi connectivity index (χ1v) is 27.4. The van der Waals surface area contributed by atoms with Crippen LogP contribution in [0.4, 0.5) is 32.0 Å².